The minimum Gasteiger partial charge on any atom is -0.353 e. The van der Waals surface area contributed by atoms with Crippen LogP contribution in [0.1, 0.15) is 12.8 Å². The molecule has 1 N–H and O–H groups in total. The maximum Gasteiger partial charge on any atom is 0.230 e. The van der Waals surface area contributed by atoms with E-state index in [1.54, 1.807) is 6.08 Å². The fourth-order valence-electron chi connectivity index (χ4n) is 2.16. The lowest BCUT2D eigenvalue weighted by molar-refractivity contribution is -0.118. The van der Waals surface area contributed by atoms with Crippen molar-refractivity contribution in [3.05, 3.63) is 41.9 Å². The third-order valence-electron chi connectivity index (χ3n) is 3.42. The Morgan fingerprint density at radius 1 is 1.43 bits per heavy atom. The largest absolute Gasteiger partial charge is 0.353 e. The number of benzene rings is 1. The molecular weight excluding hydrogens is 332 g/mol. The molecule has 0 radical (unpaired) electrons. The Hall–Kier alpha value is -1.79. The van der Waals surface area contributed by atoms with Gasteiger partial charge in [-0.3, -0.25) is 9.36 Å². The Balaban J connectivity index is 1.79. The monoisotopic (exact) mass is 348 g/mol. The van der Waals surface area contributed by atoms with Crippen molar-refractivity contribution < 1.29 is 4.79 Å². The van der Waals surface area contributed by atoms with Crippen LogP contribution in [0.25, 0.3) is 11.4 Å². The van der Waals surface area contributed by atoms with Gasteiger partial charge < -0.3 is 5.32 Å². The minimum atomic E-state index is 0.0324. The van der Waals surface area contributed by atoms with Crippen molar-refractivity contribution in [3.63, 3.8) is 0 Å². The number of nitrogens with zero attached hydrogens (tertiary/aromatic N) is 3. The molecule has 1 aromatic heterocycles. The second-order valence-electron chi connectivity index (χ2n) is 5.32. The van der Waals surface area contributed by atoms with Crippen LogP contribution in [0.5, 0.6) is 0 Å². The molecule has 1 fully saturated rings. The Bertz CT molecular complexity index is 727. The predicted molar refractivity (Wildman–Crippen MR) is 92.6 cm³/mol. The highest BCUT2D eigenvalue weighted by molar-refractivity contribution is 7.99. The summed E-state index contributed by atoms with van der Waals surface area (Å²) in [6, 6.07) is 7.87. The summed E-state index contributed by atoms with van der Waals surface area (Å²) in [5, 5.41) is 12.7. The van der Waals surface area contributed by atoms with E-state index in [2.05, 4.69) is 22.1 Å². The number of thioether (sulfide) groups is 1. The number of carbonyl (C=O) groups is 1. The smallest absolute Gasteiger partial charge is 0.230 e. The van der Waals surface area contributed by atoms with Crippen LogP contribution in [0.3, 0.4) is 0 Å². The van der Waals surface area contributed by atoms with Crippen molar-refractivity contribution in [2.24, 2.45) is 0 Å². The van der Waals surface area contributed by atoms with Gasteiger partial charge in [0.1, 0.15) is 0 Å². The van der Waals surface area contributed by atoms with E-state index in [1.807, 2.05) is 28.8 Å². The Morgan fingerprint density at radius 2 is 2.22 bits per heavy atom. The fraction of sp³-hybridized carbons (Fsp3) is 0.312. The summed E-state index contributed by atoms with van der Waals surface area (Å²) in [6.07, 6.45) is 3.94. The first-order chi connectivity index (χ1) is 11.2. The molecule has 0 spiro atoms. The van der Waals surface area contributed by atoms with Crippen LogP contribution in [-0.2, 0) is 11.3 Å². The molecular formula is C16H17ClN4OS. The van der Waals surface area contributed by atoms with Crippen molar-refractivity contribution in [1.82, 2.24) is 20.1 Å². The molecule has 3 rings (SSSR count). The third kappa shape index (κ3) is 3.95. The first-order valence-corrected chi connectivity index (χ1v) is 8.76. The number of rotatable bonds is 7. The number of aromatic nitrogens is 3. The van der Waals surface area contributed by atoms with Gasteiger partial charge in [0.05, 0.1) is 10.8 Å². The average Bonchev–Trinajstić information content (AvgIpc) is 3.26. The fourth-order valence-corrected chi connectivity index (χ4v) is 3.14. The van der Waals surface area contributed by atoms with E-state index in [9.17, 15) is 4.79 Å². The molecule has 0 atom stereocenters. The van der Waals surface area contributed by atoms with Crippen molar-refractivity contribution in [3.8, 4) is 11.4 Å². The molecule has 1 saturated carbocycles. The van der Waals surface area contributed by atoms with Crippen LogP contribution < -0.4 is 5.32 Å². The van der Waals surface area contributed by atoms with Crippen molar-refractivity contribution in [1.29, 1.82) is 0 Å². The maximum absolute atomic E-state index is 11.8. The van der Waals surface area contributed by atoms with E-state index in [0.29, 0.717) is 34.3 Å². The van der Waals surface area contributed by atoms with Crippen LogP contribution in [0.4, 0.5) is 0 Å². The zero-order valence-corrected chi connectivity index (χ0v) is 14.1. The number of amides is 1. The lowest BCUT2D eigenvalue weighted by atomic mass is 10.2. The van der Waals surface area contributed by atoms with E-state index < -0.39 is 0 Å². The van der Waals surface area contributed by atoms with Crippen LogP contribution in [-0.4, -0.2) is 32.5 Å². The van der Waals surface area contributed by atoms with Crippen molar-refractivity contribution >= 4 is 29.3 Å². The molecule has 1 amide bonds. The molecule has 0 aliphatic heterocycles. The summed E-state index contributed by atoms with van der Waals surface area (Å²) in [6.45, 7) is 4.33. The van der Waals surface area contributed by atoms with Crippen molar-refractivity contribution in [2.75, 3.05) is 5.75 Å². The van der Waals surface area contributed by atoms with Gasteiger partial charge in [0, 0.05) is 18.2 Å². The third-order valence-corrected chi connectivity index (χ3v) is 4.71. The summed E-state index contributed by atoms with van der Waals surface area (Å²) >= 11 is 7.63. The van der Waals surface area contributed by atoms with Gasteiger partial charge in [0.25, 0.3) is 0 Å². The summed E-state index contributed by atoms with van der Waals surface area (Å²) in [5.41, 5.74) is 0.817. The average molecular weight is 349 g/mol. The Labute approximate surface area is 144 Å². The molecule has 23 heavy (non-hydrogen) atoms. The van der Waals surface area contributed by atoms with E-state index >= 15 is 0 Å². The van der Waals surface area contributed by atoms with Crippen LogP contribution >= 0.6 is 23.4 Å². The first kappa shape index (κ1) is 16.1. The molecule has 2 aromatic rings. The molecule has 7 heteroatoms. The van der Waals surface area contributed by atoms with Gasteiger partial charge in [-0.2, -0.15) is 0 Å². The van der Waals surface area contributed by atoms with Gasteiger partial charge in [0.2, 0.25) is 5.91 Å². The number of nitrogens with one attached hydrogen (secondary N) is 1. The Kier molecular flexibility index (Phi) is 5.03. The van der Waals surface area contributed by atoms with Gasteiger partial charge in [0.15, 0.2) is 11.0 Å². The van der Waals surface area contributed by atoms with E-state index in [1.165, 1.54) is 11.8 Å². The highest BCUT2D eigenvalue weighted by Crippen LogP contribution is 2.29. The second kappa shape index (κ2) is 7.19. The highest BCUT2D eigenvalue weighted by atomic mass is 35.5. The van der Waals surface area contributed by atoms with E-state index in [4.69, 9.17) is 11.6 Å². The molecule has 0 bridgehead atoms. The number of hydrogen-bond acceptors (Lipinski definition) is 4. The van der Waals surface area contributed by atoms with Gasteiger partial charge in [-0.05, 0) is 25.0 Å². The molecule has 0 saturated heterocycles. The summed E-state index contributed by atoms with van der Waals surface area (Å²) in [4.78, 5) is 11.8. The number of hydrogen-bond donors (Lipinski definition) is 1. The second-order valence-corrected chi connectivity index (χ2v) is 6.67. The normalized spacial score (nSPS) is 13.8. The van der Waals surface area contributed by atoms with Crippen molar-refractivity contribution in [2.45, 2.75) is 30.6 Å². The molecule has 120 valence electrons. The topological polar surface area (TPSA) is 59.8 Å². The lowest BCUT2D eigenvalue weighted by Gasteiger charge is -2.08. The van der Waals surface area contributed by atoms with E-state index in [0.717, 1.165) is 18.4 Å². The van der Waals surface area contributed by atoms with Gasteiger partial charge in [-0.15, -0.1) is 16.8 Å². The zero-order chi connectivity index (χ0) is 16.2. The van der Waals surface area contributed by atoms with Gasteiger partial charge in [-0.25, -0.2) is 0 Å². The molecule has 1 aliphatic rings. The van der Waals surface area contributed by atoms with Gasteiger partial charge >= 0.3 is 0 Å². The number of allylic oxidation sites excluding steroid dienone is 1. The lowest BCUT2D eigenvalue weighted by Crippen LogP contribution is -2.27. The van der Waals surface area contributed by atoms with Crippen LogP contribution in [0, 0.1) is 0 Å². The molecule has 1 aliphatic carbocycles. The summed E-state index contributed by atoms with van der Waals surface area (Å²) in [5.74, 6) is 1.04. The minimum absolute atomic E-state index is 0.0324. The first-order valence-electron chi connectivity index (χ1n) is 7.40. The molecule has 0 unspecified atom stereocenters. The highest BCUT2D eigenvalue weighted by Gasteiger charge is 2.23. The predicted octanol–water partition coefficient (Wildman–Crippen LogP) is 3.16. The molecule has 5 nitrogen and oxygen atoms in total. The zero-order valence-electron chi connectivity index (χ0n) is 12.5. The van der Waals surface area contributed by atoms with Gasteiger partial charge in [-0.1, -0.05) is 41.6 Å². The standard InChI is InChI=1S/C16H17ClN4OS/c1-2-9-21-15(12-5-3-4-6-13(12)17)19-20-16(21)23-10-14(22)18-11-7-8-11/h2-6,11H,1,7-10H2,(H,18,22). The molecule has 1 aromatic carbocycles. The number of carbonyl (C=O) groups excluding carboxylic acids is 1. The quantitative estimate of drug-likeness (QED) is 0.616. The SMILES string of the molecule is C=CCn1c(SCC(=O)NC2CC2)nnc1-c1ccccc1Cl. The van der Waals surface area contributed by atoms with Crippen LogP contribution in [0.15, 0.2) is 42.1 Å². The Morgan fingerprint density at radius 3 is 2.91 bits per heavy atom. The summed E-state index contributed by atoms with van der Waals surface area (Å²) < 4.78 is 1.92. The number of halogens is 1. The molecule has 1 heterocycles. The summed E-state index contributed by atoms with van der Waals surface area (Å²) in [7, 11) is 0. The van der Waals surface area contributed by atoms with Crippen LogP contribution in [0.2, 0.25) is 5.02 Å². The maximum atomic E-state index is 11.8. The van der Waals surface area contributed by atoms with E-state index in [-0.39, 0.29) is 5.91 Å².